The second kappa shape index (κ2) is 23.6. The first-order valence-electron chi connectivity index (χ1n) is 33.3. The first kappa shape index (κ1) is 56.9. The Labute approximate surface area is 563 Å². The monoisotopic (exact) mass is 1250 g/mol. The van der Waals surface area contributed by atoms with Crippen molar-refractivity contribution in [2.45, 2.75) is 0 Å². The van der Waals surface area contributed by atoms with Crippen LogP contribution in [0.2, 0.25) is 0 Å². The van der Waals surface area contributed by atoms with Gasteiger partial charge >= 0.3 is 0 Å². The van der Waals surface area contributed by atoms with E-state index in [0.717, 1.165) is 62.0 Å². The average Bonchev–Trinajstić information content (AvgIpc) is 0.764. The summed E-state index contributed by atoms with van der Waals surface area (Å²) in [6.07, 6.45) is 0. The standard InChI is InChI=1S/C90H64BN3Si2/c1-9-31-65(32-10-1)67-53-59-87-81(61-67)91-82-64-77(96(73-41-19-6-20-42-73,74-43-21-7-22-44-74)75-45-23-8-24-46-75)58-60-86(82)92(68-54-56-76(57-55-68)95(70-35-13-3-14-36-70,71-37-15-4-16-38-71)72-39-17-5-18-40-72)88-62-69(93-84-51-29-26-48-79(84)80-49-27-30-52-85(80)93)63-89(90(88)91)94(87)83-50-28-25-47-78(83)66-33-11-2-12-34-66/h1-64H. The molecule has 0 atom stereocenters. The fourth-order valence-electron chi connectivity index (χ4n) is 16.4. The molecule has 0 radical (unpaired) electrons. The number of anilines is 6. The Kier molecular flexibility index (Phi) is 14.0. The van der Waals surface area contributed by atoms with Crippen LogP contribution in [0.3, 0.4) is 0 Å². The van der Waals surface area contributed by atoms with Gasteiger partial charge in [0, 0.05) is 44.8 Å². The summed E-state index contributed by atoms with van der Waals surface area (Å²) in [5.74, 6) is 0. The Morgan fingerprint density at radius 2 is 0.583 bits per heavy atom. The molecule has 450 valence electrons. The van der Waals surface area contributed by atoms with Crippen LogP contribution in [-0.2, 0) is 0 Å². The minimum Gasteiger partial charge on any atom is -0.311 e. The molecule has 3 heterocycles. The molecule has 2 aliphatic rings. The first-order valence-corrected chi connectivity index (χ1v) is 37.3. The van der Waals surface area contributed by atoms with E-state index in [1.54, 1.807) is 0 Å². The number of fused-ring (bicyclic) bond motifs is 7. The van der Waals surface area contributed by atoms with Crippen molar-refractivity contribution in [1.29, 1.82) is 0 Å². The summed E-state index contributed by atoms with van der Waals surface area (Å²) >= 11 is 0. The van der Waals surface area contributed by atoms with Crippen LogP contribution in [0.15, 0.2) is 388 Å². The molecule has 2 aliphatic heterocycles. The number of aromatic nitrogens is 1. The second-order valence-corrected chi connectivity index (χ2v) is 33.0. The van der Waals surface area contributed by atoms with Gasteiger partial charge in [-0.15, -0.1) is 0 Å². The quantitative estimate of drug-likeness (QED) is 0.0842. The lowest BCUT2D eigenvalue weighted by Crippen LogP contribution is -2.75. The van der Waals surface area contributed by atoms with Crippen LogP contribution >= 0.6 is 0 Å². The highest BCUT2D eigenvalue weighted by atomic mass is 28.3. The molecule has 0 saturated heterocycles. The predicted octanol–water partition coefficient (Wildman–Crippen LogP) is 15.0. The van der Waals surface area contributed by atoms with Crippen LogP contribution in [0.1, 0.15) is 0 Å². The fourth-order valence-corrected chi connectivity index (χ4v) is 25.9. The number of rotatable bonds is 13. The number of hydrogen-bond donors (Lipinski definition) is 0. The second-order valence-electron chi connectivity index (χ2n) is 25.4. The third-order valence-electron chi connectivity index (χ3n) is 20.5. The van der Waals surface area contributed by atoms with Crippen molar-refractivity contribution in [1.82, 2.24) is 4.57 Å². The average molecular weight is 1250 g/mol. The number of para-hydroxylation sites is 3. The van der Waals surface area contributed by atoms with Crippen molar-refractivity contribution >= 4 is 137 Å². The highest BCUT2D eigenvalue weighted by Crippen LogP contribution is 2.48. The molecule has 3 nitrogen and oxygen atoms in total. The maximum atomic E-state index is 2.67. The van der Waals surface area contributed by atoms with Crippen molar-refractivity contribution in [3.63, 3.8) is 0 Å². The molecule has 0 fully saturated rings. The zero-order valence-electron chi connectivity index (χ0n) is 52.9. The van der Waals surface area contributed by atoms with E-state index in [2.05, 4.69) is 403 Å². The van der Waals surface area contributed by atoms with E-state index in [0.29, 0.717) is 0 Å². The molecule has 1 aromatic heterocycles. The van der Waals surface area contributed by atoms with Crippen molar-refractivity contribution in [3.8, 4) is 27.9 Å². The number of hydrogen-bond acceptors (Lipinski definition) is 2. The highest BCUT2D eigenvalue weighted by molar-refractivity contribution is 7.20. The van der Waals surface area contributed by atoms with E-state index in [1.807, 2.05) is 0 Å². The third kappa shape index (κ3) is 9.01. The lowest BCUT2D eigenvalue weighted by molar-refractivity contribution is 1.16. The lowest BCUT2D eigenvalue weighted by Gasteiger charge is -2.45. The van der Waals surface area contributed by atoms with Crippen LogP contribution in [0.5, 0.6) is 0 Å². The zero-order chi connectivity index (χ0) is 63.6. The van der Waals surface area contributed by atoms with Gasteiger partial charge in [0.25, 0.3) is 6.71 Å². The van der Waals surface area contributed by atoms with E-state index in [9.17, 15) is 0 Å². The summed E-state index contributed by atoms with van der Waals surface area (Å²) in [4.78, 5) is 5.25. The van der Waals surface area contributed by atoms with Gasteiger partial charge in [-0.25, -0.2) is 0 Å². The number of benzene rings is 15. The summed E-state index contributed by atoms with van der Waals surface area (Å²) in [7, 11) is -6.04. The van der Waals surface area contributed by atoms with Crippen LogP contribution in [0.25, 0.3) is 49.7 Å². The third-order valence-corrected chi connectivity index (χ3v) is 30.0. The van der Waals surface area contributed by atoms with Gasteiger partial charge in [-0.05, 0) is 129 Å². The van der Waals surface area contributed by atoms with Gasteiger partial charge in [0.15, 0.2) is 16.1 Å². The maximum absolute atomic E-state index is 3.11. The van der Waals surface area contributed by atoms with Crippen molar-refractivity contribution < 1.29 is 0 Å². The molecule has 16 aromatic rings. The predicted molar refractivity (Wildman–Crippen MR) is 413 cm³/mol. The molecule has 0 N–H and O–H groups in total. The summed E-state index contributed by atoms with van der Waals surface area (Å²) in [5.41, 5.74) is 18.6. The van der Waals surface area contributed by atoms with Crippen molar-refractivity contribution in [2.75, 3.05) is 9.80 Å². The Morgan fingerprint density at radius 3 is 1.08 bits per heavy atom. The molecule has 15 aromatic carbocycles. The molecule has 0 aliphatic carbocycles. The summed E-state index contributed by atoms with van der Waals surface area (Å²) in [6.45, 7) is -0.227. The van der Waals surface area contributed by atoms with Gasteiger partial charge in [-0.1, -0.05) is 334 Å². The minimum absolute atomic E-state index is 0.227. The molecule has 6 heteroatoms. The maximum Gasteiger partial charge on any atom is 0.252 e. The topological polar surface area (TPSA) is 11.4 Å². The van der Waals surface area contributed by atoms with E-state index < -0.39 is 16.1 Å². The van der Waals surface area contributed by atoms with Crippen LogP contribution in [-0.4, -0.2) is 27.4 Å². The number of nitrogens with zero attached hydrogens (tertiary/aromatic N) is 3. The highest BCUT2D eigenvalue weighted by Gasteiger charge is 2.48. The lowest BCUT2D eigenvalue weighted by atomic mass is 9.33. The van der Waals surface area contributed by atoms with Crippen LogP contribution in [0.4, 0.5) is 34.1 Å². The Morgan fingerprint density at radius 1 is 0.219 bits per heavy atom. The van der Waals surface area contributed by atoms with E-state index >= 15 is 0 Å². The fraction of sp³-hybridized carbons (Fsp3) is 0. The molecule has 96 heavy (non-hydrogen) atoms. The summed E-state index contributed by atoms with van der Waals surface area (Å²) in [5, 5.41) is 13.1. The molecule has 0 spiro atoms. The Hall–Kier alpha value is -11.8. The van der Waals surface area contributed by atoms with Crippen molar-refractivity contribution in [2.24, 2.45) is 0 Å². The zero-order valence-corrected chi connectivity index (χ0v) is 54.9. The largest absolute Gasteiger partial charge is 0.311 e. The molecule has 0 saturated carbocycles. The minimum atomic E-state index is -3.11. The summed E-state index contributed by atoms with van der Waals surface area (Å²) < 4.78 is 2.52. The smallest absolute Gasteiger partial charge is 0.252 e. The van der Waals surface area contributed by atoms with E-state index in [4.69, 9.17) is 0 Å². The van der Waals surface area contributed by atoms with Gasteiger partial charge < -0.3 is 14.4 Å². The molecular weight excluding hydrogens is 1190 g/mol. The van der Waals surface area contributed by atoms with Crippen LogP contribution in [0, 0.1) is 0 Å². The molecular formula is C90H64BN3Si2. The van der Waals surface area contributed by atoms with E-state index in [-0.39, 0.29) is 6.71 Å². The van der Waals surface area contributed by atoms with Crippen LogP contribution < -0.4 is 67.7 Å². The van der Waals surface area contributed by atoms with Gasteiger partial charge in [0.1, 0.15) is 0 Å². The Balaban J connectivity index is 0.985. The normalized spacial score (nSPS) is 12.5. The first-order chi connectivity index (χ1) is 47.7. The van der Waals surface area contributed by atoms with Gasteiger partial charge in [-0.2, -0.15) is 0 Å². The van der Waals surface area contributed by atoms with Gasteiger partial charge in [-0.3, -0.25) is 0 Å². The Bertz CT molecular complexity index is 5280. The molecule has 0 unspecified atom stereocenters. The van der Waals surface area contributed by atoms with E-state index in [1.165, 1.54) is 79.8 Å². The van der Waals surface area contributed by atoms with Gasteiger partial charge in [0.05, 0.1) is 22.4 Å². The molecule has 0 amide bonds. The molecule has 18 rings (SSSR count). The SMILES string of the molecule is c1ccc(-c2ccc3c(c2)B2c4cc([Si](c5ccccc5)(c5ccccc5)c5ccccc5)ccc4N(c4ccc([Si](c5ccccc5)(c5ccccc5)c5ccccc5)cc4)c4cc(-n5c6ccccc6c6ccccc65)cc(c42)N3c2ccccc2-c2ccccc2)cc1. The van der Waals surface area contributed by atoms with Gasteiger partial charge in [0.2, 0.25) is 0 Å². The molecule has 0 bridgehead atoms. The van der Waals surface area contributed by atoms with Crippen molar-refractivity contribution in [3.05, 3.63) is 388 Å². The summed E-state index contributed by atoms with van der Waals surface area (Å²) in [6, 6.07) is 147.